The maximum Gasteiger partial charge on any atom is 0.319 e. The van der Waals surface area contributed by atoms with E-state index < -0.39 is 10.0 Å². The van der Waals surface area contributed by atoms with Gasteiger partial charge in [-0.25, -0.2) is 17.9 Å². The second-order valence-corrected chi connectivity index (χ2v) is 6.82. The lowest BCUT2D eigenvalue weighted by atomic mass is 10.2. The number of carbonyl (C=O) groups excluding carboxylic acids is 1. The molecule has 22 heavy (non-hydrogen) atoms. The van der Waals surface area contributed by atoms with Crippen LogP contribution in [-0.4, -0.2) is 41.3 Å². The maximum absolute atomic E-state index is 11.9. The number of benzene rings is 1. The second kappa shape index (κ2) is 8.11. The molecule has 0 aliphatic carbocycles. The molecule has 0 spiro atoms. The third kappa shape index (κ3) is 5.28. The van der Waals surface area contributed by atoms with Crippen LogP contribution in [0.1, 0.15) is 18.9 Å². The summed E-state index contributed by atoms with van der Waals surface area (Å²) in [5.41, 5.74) is 1.02. The monoisotopic (exact) mass is 329 g/mol. The molecule has 124 valence electrons. The highest BCUT2D eigenvalue weighted by Gasteiger charge is 2.16. The molecule has 0 aliphatic rings. The van der Waals surface area contributed by atoms with E-state index in [0.29, 0.717) is 24.3 Å². The number of anilines is 1. The van der Waals surface area contributed by atoms with Gasteiger partial charge in [0.2, 0.25) is 10.0 Å². The van der Waals surface area contributed by atoms with Gasteiger partial charge < -0.3 is 15.4 Å². The topological polar surface area (TPSA) is 96.5 Å². The average molecular weight is 329 g/mol. The van der Waals surface area contributed by atoms with Crippen molar-refractivity contribution in [2.24, 2.45) is 0 Å². The van der Waals surface area contributed by atoms with Crippen LogP contribution in [0.15, 0.2) is 23.1 Å². The van der Waals surface area contributed by atoms with Crippen molar-refractivity contribution in [2.75, 3.05) is 26.1 Å². The molecule has 0 saturated carbocycles. The standard InChI is InChI=1S/C14H23N3O4S/c1-10-5-6-12(9-13(10)22(19,20)15-3)17-14(18)16-11(2)7-8-21-4/h5-6,9,11,15H,7-8H2,1-4H3,(H2,16,17,18). The molecule has 0 saturated heterocycles. The van der Waals surface area contributed by atoms with Gasteiger partial charge in [-0.3, -0.25) is 0 Å². The Bertz CT molecular complexity index is 617. The Balaban J connectivity index is 2.78. The molecule has 7 nitrogen and oxygen atoms in total. The molecule has 8 heteroatoms. The Kier molecular flexibility index (Phi) is 6.79. The van der Waals surface area contributed by atoms with Gasteiger partial charge in [-0.2, -0.15) is 0 Å². The quantitative estimate of drug-likeness (QED) is 0.705. The molecule has 1 aromatic rings. The predicted molar refractivity (Wildman–Crippen MR) is 85.5 cm³/mol. The zero-order valence-corrected chi connectivity index (χ0v) is 14.1. The van der Waals surface area contributed by atoms with Crippen LogP contribution in [0.2, 0.25) is 0 Å². The van der Waals surface area contributed by atoms with Gasteiger partial charge in [-0.05, 0) is 45.0 Å². The minimum atomic E-state index is -3.56. The van der Waals surface area contributed by atoms with Gasteiger partial charge in [0, 0.05) is 25.4 Å². The molecule has 0 bridgehead atoms. The summed E-state index contributed by atoms with van der Waals surface area (Å²) in [5, 5.41) is 5.38. The number of methoxy groups -OCH3 is 1. The normalized spacial score (nSPS) is 12.7. The summed E-state index contributed by atoms with van der Waals surface area (Å²) < 4.78 is 31.0. The second-order valence-electron chi connectivity index (χ2n) is 4.97. The fourth-order valence-electron chi connectivity index (χ4n) is 1.84. The summed E-state index contributed by atoms with van der Waals surface area (Å²) in [6.07, 6.45) is 0.692. The number of carbonyl (C=O) groups is 1. The summed E-state index contributed by atoms with van der Waals surface area (Å²) in [7, 11) is -0.614. The third-order valence-electron chi connectivity index (χ3n) is 3.14. The largest absolute Gasteiger partial charge is 0.385 e. The Morgan fingerprint density at radius 1 is 1.36 bits per heavy atom. The van der Waals surface area contributed by atoms with Crippen molar-refractivity contribution in [1.29, 1.82) is 0 Å². The number of urea groups is 1. The molecule has 0 aromatic heterocycles. The first kappa shape index (κ1) is 18.4. The minimum Gasteiger partial charge on any atom is -0.385 e. The first-order chi connectivity index (χ1) is 10.3. The molecule has 0 heterocycles. The van der Waals surface area contributed by atoms with Crippen LogP contribution >= 0.6 is 0 Å². The van der Waals surface area contributed by atoms with E-state index in [4.69, 9.17) is 4.74 Å². The predicted octanol–water partition coefficient (Wildman–Crippen LogP) is 1.45. The van der Waals surface area contributed by atoms with Crippen LogP contribution in [0.5, 0.6) is 0 Å². The zero-order chi connectivity index (χ0) is 16.8. The highest BCUT2D eigenvalue weighted by atomic mass is 32.2. The van der Waals surface area contributed by atoms with E-state index in [1.165, 1.54) is 13.1 Å². The Morgan fingerprint density at radius 3 is 2.64 bits per heavy atom. The van der Waals surface area contributed by atoms with E-state index in [9.17, 15) is 13.2 Å². The van der Waals surface area contributed by atoms with E-state index in [1.54, 1.807) is 26.2 Å². The van der Waals surface area contributed by atoms with Crippen molar-refractivity contribution in [3.8, 4) is 0 Å². The number of ether oxygens (including phenoxy) is 1. The van der Waals surface area contributed by atoms with Gasteiger partial charge in [0.05, 0.1) is 4.90 Å². The first-order valence-electron chi connectivity index (χ1n) is 6.90. The summed E-state index contributed by atoms with van der Waals surface area (Å²) in [5.74, 6) is 0. The van der Waals surface area contributed by atoms with Gasteiger partial charge in [-0.15, -0.1) is 0 Å². The number of rotatable bonds is 7. The van der Waals surface area contributed by atoms with E-state index >= 15 is 0 Å². The molecule has 0 aliphatic heterocycles. The number of aryl methyl sites for hydroxylation is 1. The van der Waals surface area contributed by atoms with Crippen LogP contribution in [0, 0.1) is 6.92 Å². The van der Waals surface area contributed by atoms with Crippen molar-refractivity contribution >= 4 is 21.7 Å². The molecule has 0 fully saturated rings. The summed E-state index contributed by atoms with van der Waals surface area (Å²) in [6, 6.07) is 4.30. The maximum atomic E-state index is 11.9. The molecule has 1 rings (SSSR count). The molecular weight excluding hydrogens is 306 g/mol. The Hall–Kier alpha value is -1.64. The van der Waals surface area contributed by atoms with Crippen molar-refractivity contribution in [2.45, 2.75) is 31.2 Å². The minimum absolute atomic E-state index is 0.0501. The number of nitrogens with one attached hydrogen (secondary N) is 3. The van der Waals surface area contributed by atoms with Crippen molar-refractivity contribution in [3.63, 3.8) is 0 Å². The van der Waals surface area contributed by atoms with Crippen molar-refractivity contribution < 1.29 is 17.9 Å². The van der Waals surface area contributed by atoms with Crippen LogP contribution in [-0.2, 0) is 14.8 Å². The van der Waals surface area contributed by atoms with Crippen LogP contribution < -0.4 is 15.4 Å². The van der Waals surface area contributed by atoms with E-state index in [2.05, 4.69) is 15.4 Å². The molecular formula is C14H23N3O4S. The molecule has 1 aromatic carbocycles. The zero-order valence-electron chi connectivity index (χ0n) is 13.3. The summed E-state index contributed by atoms with van der Waals surface area (Å²) in [4.78, 5) is 12.0. The number of sulfonamides is 1. The first-order valence-corrected chi connectivity index (χ1v) is 8.39. The van der Waals surface area contributed by atoms with Gasteiger partial charge >= 0.3 is 6.03 Å². The number of hydrogen-bond donors (Lipinski definition) is 3. The smallest absolute Gasteiger partial charge is 0.319 e. The molecule has 3 N–H and O–H groups in total. The number of amides is 2. The molecule has 1 unspecified atom stereocenters. The van der Waals surface area contributed by atoms with Gasteiger partial charge in [0.25, 0.3) is 0 Å². The van der Waals surface area contributed by atoms with E-state index in [-0.39, 0.29) is 17.0 Å². The lowest BCUT2D eigenvalue weighted by molar-refractivity contribution is 0.185. The molecule has 0 radical (unpaired) electrons. The van der Waals surface area contributed by atoms with E-state index in [1.807, 2.05) is 6.92 Å². The third-order valence-corrected chi connectivity index (χ3v) is 4.69. The van der Waals surface area contributed by atoms with Crippen molar-refractivity contribution in [3.05, 3.63) is 23.8 Å². The lowest BCUT2D eigenvalue weighted by Gasteiger charge is -2.15. The molecule has 1 atom stereocenters. The van der Waals surface area contributed by atoms with Gasteiger partial charge in [-0.1, -0.05) is 6.07 Å². The van der Waals surface area contributed by atoms with Crippen LogP contribution in [0.25, 0.3) is 0 Å². The van der Waals surface area contributed by atoms with Crippen LogP contribution in [0.4, 0.5) is 10.5 Å². The Morgan fingerprint density at radius 2 is 2.05 bits per heavy atom. The van der Waals surface area contributed by atoms with Crippen LogP contribution in [0.3, 0.4) is 0 Å². The average Bonchev–Trinajstić information content (AvgIpc) is 2.46. The van der Waals surface area contributed by atoms with Gasteiger partial charge in [0.15, 0.2) is 0 Å². The van der Waals surface area contributed by atoms with Crippen molar-refractivity contribution in [1.82, 2.24) is 10.0 Å². The highest BCUT2D eigenvalue weighted by Crippen LogP contribution is 2.19. The lowest BCUT2D eigenvalue weighted by Crippen LogP contribution is -2.36. The van der Waals surface area contributed by atoms with E-state index in [0.717, 1.165) is 0 Å². The molecule has 2 amide bonds. The fraction of sp³-hybridized carbons (Fsp3) is 0.500. The summed E-state index contributed by atoms with van der Waals surface area (Å²) >= 11 is 0. The van der Waals surface area contributed by atoms with Gasteiger partial charge in [0.1, 0.15) is 0 Å². The highest BCUT2D eigenvalue weighted by molar-refractivity contribution is 7.89. The number of hydrogen-bond acceptors (Lipinski definition) is 4. The fourth-order valence-corrected chi connectivity index (χ4v) is 2.83. The summed E-state index contributed by atoms with van der Waals surface area (Å²) in [6.45, 7) is 4.11. The SMILES string of the molecule is CNS(=O)(=O)c1cc(NC(=O)NC(C)CCOC)ccc1C. The Labute approximate surface area is 131 Å².